The topological polar surface area (TPSA) is 89.3 Å². The van der Waals surface area contributed by atoms with Crippen LogP contribution < -0.4 is 5.56 Å². The monoisotopic (exact) mass is 448 g/mol. The third kappa shape index (κ3) is 4.27. The van der Waals surface area contributed by atoms with Crippen LogP contribution in [0.5, 0.6) is 0 Å². The molecule has 0 spiro atoms. The Labute approximate surface area is 189 Å². The molecule has 164 valence electrons. The summed E-state index contributed by atoms with van der Waals surface area (Å²) < 4.78 is 7.55. The van der Waals surface area contributed by atoms with Gasteiger partial charge in [0, 0.05) is 5.69 Å². The van der Waals surface area contributed by atoms with E-state index in [1.54, 1.807) is 31.2 Å². The molecule has 32 heavy (non-hydrogen) atoms. The van der Waals surface area contributed by atoms with Crippen molar-refractivity contribution in [3.05, 3.63) is 75.7 Å². The SMILES string of the molecule is CCCc1[nH]n(-c2nc3ccccc3s2)c(=O)c1C(C)=Nc1ccc(C(=O)OCC)cc1. The average molecular weight is 449 g/mol. The first-order valence-corrected chi connectivity index (χ1v) is 11.4. The molecule has 8 heteroatoms. The summed E-state index contributed by atoms with van der Waals surface area (Å²) in [6.45, 7) is 5.99. The predicted molar refractivity (Wildman–Crippen MR) is 128 cm³/mol. The van der Waals surface area contributed by atoms with Gasteiger partial charge in [0.05, 0.1) is 39.3 Å². The summed E-state index contributed by atoms with van der Waals surface area (Å²) in [6.07, 6.45) is 1.60. The Kier molecular flexibility index (Phi) is 6.32. The van der Waals surface area contributed by atoms with E-state index >= 15 is 0 Å². The van der Waals surface area contributed by atoms with E-state index in [0.29, 0.717) is 34.3 Å². The third-order valence-electron chi connectivity index (χ3n) is 4.98. The second kappa shape index (κ2) is 9.32. The molecule has 0 fully saturated rings. The first-order valence-electron chi connectivity index (χ1n) is 10.5. The van der Waals surface area contributed by atoms with Gasteiger partial charge in [-0.2, -0.15) is 4.68 Å². The van der Waals surface area contributed by atoms with Gasteiger partial charge in [-0.05, 0) is 56.7 Å². The number of carbonyl (C=O) groups excluding carboxylic acids is 1. The molecule has 7 nitrogen and oxygen atoms in total. The van der Waals surface area contributed by atoms with Crippen molar-refractivity contribution in [1.82, 2.24) is 14.8 Å². The number of hydrogen-bond acceptors (Lipinski definition) is 6. The minimum Gasteiger partial charge on any atom is -0.462 e. The smallest absolute Gasteiger partial charge is 0.338 e. The Hall–Kier alpha value is -3.52. The van der Waals surface area contributed by atoms with Gasteiger partial charge in [-0.15, -0.1) is 0 Å². The molecule has 2 heterocycles. The molecule has 0 bridgehead atoms. The Morgan fingerprint density at radius 1 is 1.16 bits per heavy atom. The van der Waals surface area contributed by atoms with Crippen molar-refractivity contribution in [3.8, 4) is 5.13 Å². The first-order chi connectivity index (χ1) is 15.5. The summed E-state index contributed by atoms with van der Waals surface area (Å²) in [6, 6.07) is 14.7. The van der Waals surface area contributed by atoms with Gasteiger partial charge in [-0.3, -0.25) is 14.9 Å². The summed E-state index contributed by atoms with van der Waals surface area (Å²) in [5, 5.41) is 3.85. The number of aromatic nitrogens is 3. The van der Waals surface area contributed by atoms with Crippen LogP contribution in [0.15, 0.2) is 58.3 Å². The molecular weight excluding hydrogens is 424 g/mol. The number of thiazole rings is 1. The van der Waals surface area contributed by atoms with Gasteiger partial charge < -0.3 is 4.74 Å². The fraction of sp³-hybridized carbons (Fsp3) is 0.250. The molecule has 0 atom stereocenters. The number of nitrogens with zero attached hydrogens (tertiary/aromatic N) is 3. The van der Waals surface area contributed by atoms with Gasteiger partial charge in [-0.1, -0.05) is 36.8 Å². The number of aryl methyl sites for hydroxylation is 1. The molecule has 0 amide bonds. The van der Waals surface area contributed by atoms with Crippen molar-refractivity contribution in [2.45, 2.75) is 33.6 Å². The molecule has 0 saturated heterocycles. The molecule has 0 radical (unpaired) electrons. The number of rotatable bonds is 7. The molecule has 0 aliphatic heterocycles. The summed E-state index contributed by atoms with van der Waals surface area (Å²) in [5.41, 5.74) is 3.82. The lowest BCUT2D eigenvalue weighted by Gasteiger charge is -2.03. The molecule has 2 aromatic heterocycles. The third-order valence-corrected chi connectivity index (χ3v) is 6.00. The molecule has 4 aromatic rings. The van der Waals surface area contributed by atoms with Gasteiger partial charge >= 0.3 is 5.97 Å². The zero-order valence-corrected chi connectivity index (χ0v) is 19.0. The van der Waals surface area contributed by atoms with Gasteiger partial charge in [0.25, 0.3) is 5.56 Å². The summed E-state index contributed by atoms with van der Waals surface area (Å²) in [5.74, 6) is -0.366. The van der Waals surface area contributed by atoms with Crippen LogP contribution in [0.4, 0.5) is 5.69 Å². The van der Waals surface area contributed by atoms with Crippen LogP contribution in [0, 0.1) is 0 Å². The van der Waals surface area contributed by atoms with Gasteiger partial charge in [0.15, 0.2) is 0 Å². The van der Waals surface area contributed by atoms with Crippen LogP contribution in [-0.4, -0.2) is 33.1 Å². The van der Waals surface area contributed by atoms with Crippen LogP contribution in [0.2, 0.25) is 0 Å². The van der Waals surface area contributed by atoms with Crippen LogP contribution in [0.3, 0.4) is 0 Å². The number of esters is 1. The number of para-hydroxylation sites is 1. The summed E-state index contributed by atoms with van der Waals surface area (Å²) >= 11 is 1.47. The number of nitrogens with one attached hydrogen (secondary N) is 1. The van der Waals surface area contributed by atoms with E-state index < -0.39 is 0 Å². The number of hydrogen-bond donors (Lipinski definition) is 1. The Balaban J connectivity index is 1.72. The largest absolute Gasteiger partial charge is 0.462 e. The molecule has 0 unspecified atom stereocenters. The molecule has 0 saturated carbocycles. The Morgan fingerprint density at radius 3 is 2.59 bits per heavy atom. The van der Waals surface area contributed by atoms with E-state index in [0.717, 1.165) is 28.8 Å². The Morgan fingerprint density at radius 2 is 1.91 bits per heavy atom. The zero-order chi connectivity index (χ0) is 22.7. The maximum atomic E-state index is 13.3. The first kappa shape index (κ1) is 21.7. The van der Waals surface area contributed by atoms with E-state index in [2.05, 4.69) is 22.0 Å². The number of carbonyl (C=O) groups is 1. The van der Waals surface area contributed by atoms with Crippen LogP contribution in [0.1, 0.15) is 48.8 Å². The van der Waals surface area contributed by atoms with Crippen molar-refractivity contribution in [2.75, 3.05) is 6.61 Å². The molecule has 1 N–H and O–H groups in total. The molecule has 2 aromatic carbocycles. The highest BCUT2D eigenvalue weighted by atomic mass is 32.1. The van der Waals surface area contributed by atoms with Crippen LogP contribution in [-0.2, 0) is 11.2 Å². The number of aromatic amines is 1. The lowest BCUT2D eigenvalue weighted by molar-refractivity contribution is 0.0526. The lowest BCUT2D eigenvalue weighted by atomic mass is 10.1. The number of benzene rings is 2. The van der Waals surface area contributed by atoms with Crippen LogP contribution in [0.25, 0.3) is 15.3 Å². The number of ether oxygens (including phenoxy) is 1. The number of aliphatic imine (C=N–C) groups is 1. The molecule has 0 aliphatic carbocycles. The van der Waals surface area contributed by atoms with Crippen LogP contribution >= 0.6 is 11.3 Å². The summed E-state index contributed by atoms with van der Waals surface area (Å²) in [4.78, 5) is 34.5. The highest BCUT2D eigenvalue weighted by Crippen LogP contribution is 2.24. The van der Waals surface area contributed by atoms with Crippen molar-refractivity contribution in [3.63, 3.8) is 0 Å². The minimum absolute atomic E-state index is 0.170. The molecular formula is C24H24N4O3S. The quantitative estimate of drug-likeness (QED) is 0.317. The van der Waals surface area contributed by atoms with E-state index in [-0.39, 0.29) is 11.5 Å². The minimum atomic E-state index is -0.366. The van der Waals surface area contributed by atoms with E-state index in [1.165, 1.54) is 16.0 Å². The lowest BCUT2D eigenvalue weighted by Crippen LogP contribution is -2.19. The van der Waals surface area contributed by atoms with Crippen molar-refractivity contribution in [2.24, 2.45) is 4.99 Å². The fourth-order valence-electron chi connectivity index (χ4n) is 3.51. The van der Waals surface area contributed by atoms with Crippen molar-refractivity contribution < 1.29 is 9.53 Å². The maximum absolute atomic E-state index is 13.3. The fourth-order valence-corrected chi connectivity index (χ4v) is 4.44. The van der Waals surface area contributed by atoms with Crippen molar-refractivity contribution in [1.29, 1.82) is 0 Å². The standard InChI is InChI=1S/C24H24N4O3S/c1-4-8-19-21(15(3)25-17-13-11-16(12-14-17)23(30)31-5-2)22(29)28(27-19)24-26-18-9-6-7-10-20(18)32-24/h6-7,9-14,27H,4-5,8H2,1-3H3. The highest BCUT2D eigenvalue weighted by molar-refractivity contribution is 7.20. The molecule has 4 rings (SSSR count). The molecule has 0 aliphatic rings. The predicted octanol–water partition coefficient (Wildman–Crippen LogP) is 5.05. The number of H-pyrrole nitrogens is 1. The maximum Gasteiger partial charge on any atom is 0.338 e. The Bertz CT molecular complexity index is 1310. The average Bonchev–Trinajstić information content (AvgIpc) is 3.35. The van der Waals surface area contributed by atoms with E-state index in [9.17, 15) is 9.59 Å². The highest BCUT2D eigenvalue weighted by Gasteiger charge is 2.19. The second-order valence-corrected chi connectivity index (χ2v) is 8.29. The van der Waals surface area contributed by atoms with Gasteiger partial charge in [0.1, 0.15) is 0 Å². The van der Waals surface area contributed by atoms with E-state index in [1.807, 2.05) is 31.2 Å². The van der Waals surface area contributed by atoms with Crippen molar-refractivity contribution >= 4 is 38.9 Å². The summed E-state index contributed by atoms with van der Waals surface area (Å²) in [7, 11) is 0. The zero-order valence-electron chi connectivity index (χ0n) is 18.2. The number of fused-ring (bicyclic) bond motifs is 1. The van der Waals surface area contributed by atoms with E-state index in [4.69, 9.17) is 4.74 Å². The van der Waals surface area contributed by atoms with Gasteiger partial charge in [0.2, 0.25) is 5.13 Å². The van der Waals surface area contributed by atoms with Gasteiger partial charge in [-0.25, -0.2) is 9.78 Å². The normalized spacial score (nSPS) is 11.8. The second-order valence-electron chi connectivity index (χ2n) is 7.28.